The van der Waals surface area contributed by atoms with Crippen LogP contribution in [-0.2, 0) is 4.74 Å². The van der Waals surface area contributed by atoms with E-state index in [0.717, 1.165) is 25.4 Å². The lowest BCUT2D eigenvalue weighted by Crippen LogP contribution is -2.28. The fourth-order valence-electron chi connectivity index (χ4n) is 3.31. The summed E-state index contributed by atoms with van der Waals surface area (Å²) in [5, 5.41) is 0. The van der Waals surface area contributed by atoms with Gasteiger partial charge in [-0.25, -0.2) is 0 Å². The minimum atomic E-state index is 0.245. The average molecular weight is 274 g/mol. The van der Waals surface area contributed by atoms with Crippen LogP contribution in [0.5, 0.6) is 0 Å². The maximum absolute atomic E-state index is 5.73. The van der Waals surface area contributed by atoms with Crippen LogP contribution in [0.15, 0.2) is 24.3 Å². The van der Waals surface area contributed by atoms with Crippen LogP contribution < -0.4 is 11.3 Å². The third kappa shape index (κ3) is 3.22. The van der Waals surface area contributed by atoms with Crippen molar-refractivity contribution in [3.8, 4) is 0 Å². The molecule has 2 unspecified atom stereocenters. The molecule has 0 bridgehead atoms. The van der Waals surface area contributed by atoms with Crippen LogP contribution in [0.3, 0.4) is 0 Å². The number of hydrogen-bond acceptors (Lipinski definition) is 3. The number of rotatable bonds is 6. The minimum absolute atomic E-state index is 0.245. The highest BCUT2D eigenvalue weighted by molar-refractivity contribution is 5.28. The van der Waals surface area contributed by atoms with E-state index in [0.29, 0.717) is 6.10 Å². The van der Waals surface area contributed by atoms with Crippen molar-refractivity contribution >= 4 is 0 Å². The van der Waals surface area contributed by atoms with E-state index in [2.05, 4.69) is 29.7 Å². The first-order valence-electron chi connectivity index (χ1n) is 8.04. The zero-order valence-corrected chi connectivity index (χ0v) is 12.2. The Hall–Kier alpha value is -0.900. The Bertz CT molecular complexity index is 408. The zero-order valence-electron chi connectivity index (χ0n) is 12.2. The van der Waals surface area contributed by atoms with Gasteiger partial charge < -0.3 is 4.74 Å². The molecule has 110 valence electrons. The zero-order chi connectivity index (χ0) is 13.8. The lowest BCUT2D eigenvalue weighted by atomic mass is 9.80. The third-order valence-electron chi connectivity index (χ3n) is 4.92. The normalized spacial score (nSPS) is 24.6. The summed E-state index contributed by atoms with van der Waals surface area (Å²) in [6, 6.07) is 9.31. The third-order valence-corrected chi connectivity index (χ3v) is 4.92. The quantitative estimate of drug-likeness (QED) is 0.617. The smallest absolute Gasteiger partial charge is 0.0576 e. The number of hydrogen-bond donors (Lipinski definition) is 2. The summed E-state index contributed by atoms with van der Waals surface area (Å²) in [4.78, 5) is 0. The Labute approximate surface area is 121 Å². The highest BCUT2D eigenvalue weighted by Gasteiger charge is 2.21. The average Bonchev–Trinajstić information content (AvgIpc) is 2.92. The summed E-state index contributed by atoms with van der Waals surface area (Å²) < 4.78 is 5.69. The van der Waals surface area contributed by atoms with Crippen molar-refractivity contribution in [2.45, 2.75) is 63.0 Å². The Morgan fingerprint density at radius 1 is 1.15 bits per heavy atom. The van der Waals surface area contributed by atoms with Gasteiger partial charge in [0.2, 0.25) is 0 Å². The molecular formula is C17H26N2O. The molecule has 3 nitrogen and oxygen atoms in total. The highest BCUT2D eigenvalue weighted by atomic mass is 16.5. The SMILES string of the molecule is NNC(CCC1CCCO1)c1ccc(C2CCC2)cc1. The second-order valence-corrected chi connectivity index (χ2v) is 6.23. The molecule has 2 aliphatic rings. The largest absolute Gasteiger partial charge is 0.378 e. The highest BCUT2D eigenvalue weighted by Crippen LogP contribution is 2.36. The predicted octanol–water partition coefficient (Wildman–Crippen LogP) is 3.42. The van der Waals surface area contributed by atoms with Gasteiger partial charge in [0.15, 0.2) is 0 Å². The van der Waals surface area contributed by atoms with Crippen LogP contribution in [0.1, 0.15) is 68.0 Å². The van der Waals surface area contributed by atoms with Gasteiger partial charge in [0.25, 0.3) is 0 Å². The number of benzene rings is 1. The summed E-state index contributed by atoms with van der Waals surface area (Å²) in [6.07, 6.45) is 9.11. The maximum atomic E-state index is 5.73. The second kappa shape index (κ2) is 6.70. The molecule has 1 aliphatic heterocycles. The van der Waals surface area contributed by atoms with Gasteiger partial charge in [-0.1, -0.05) is 30.7 Å². The molecule has 0 spiro atoms. The molecule has 20 heavy (non-hydrogen) atoms. The number of nitrogens with one attached hydrogen (secondary N) is 1. The summed E-state index contributed by atoms with van der Waals surface area (Å²) in [6.45, 7) is 0.932. The van der Waals surface area contributed by atoms with Crippen molar-refractivity contribution in [2.24, 2.45) is 5.84 Å². The Morgan fingerprint density at radius 3 is 2.50 bits per heavy atom. The molecule has 1 heterocycles. The van der Waals surface area contributed by atoms with Crippen LogP contribution >= 0.6 is 0 Å². The van der Waals surface area contributed by atoms with Crippen molar-refractivity contribution in [3.63, 3.8) is 0 Å². The van der Waals surface area contributed by atoms with Crippen LogP contribution in [0.2, 0.25) is 0 Å². The van der Waals surface area contributed by atoms with Gasteiger partial charge in [0, 0.05) is 12.6 Å². The van der Waals surface area contributed by atoms with E-state index in [1.54, 1.807) is 0 Å². The molecule has 3 N–H and O–H groups in total. The molecule has 0 radical (unpaired) electrons. The molecule has 1 aromatic carbocycles. The Morgan fingerprint density at radius 2 is 1.95 bits per heavy atom. The fraction of sp³-hybridized carbons (Fsp3) is 0.647. The minimum Gasteiger partial charge on any atom is -0.378 e. The number of hydrazine groups is 1. The van der Waals surface area contributed by atoms with Gasteiger partial charge in [-0.3, -0.25) is 11.3 Å². The van der Waals surface area contributed by atoms with Crippen molar-refractivity contribution < 1.29 is 4.74 Å². The van der Waals surface area contributed by atoms with E-state index in [4.69, 9.17) is 10.6 Å². The molecular weight excluding hydrogens is 248 g/mol. The van der Waals surface area contributed by atoms with E-state index in [-0.39, 0.29) is 6.04 Å². The summed E-state index contributed by atoms with van der Waals surface area (Å²) in [5.41, 5.74) is 5.76. The first-order chi connectivity index (χ1) is 9.86. The van der Waals surface area contributed by atoms with Crippen LogP contribution in [0.4, 0.5) is 0 Å². The molecule has 1 saturated carbocycles. The lowest BCUT2D eigenvalue weighted by Gasteiger charge is -2.26. The van der Waals surface area contributed by atoms with Crippen LogP contribution in [-0.4, -0.2) is 12.7 Å². The lowest BCUT2D eigenvalue weighted by molar-refractivity contribution is 0.0996. The molecule has 1 aliphatic carbocycles. The van der Waals surface area contributed by atoms with E-state index in [1.807, 2.05) is 0 Å². The first-order valence-corrected chi connectivity index (χ1v) is 8.04. The predicted molar refractivity (Wildman–Crippen MR) is 81.3 cm³/mol. The molecule has 3 rings (SSSR count). The standard InChI is InChI=1S/C17H26N2O/c18-19-17(11-10-16-5-2-12-20-16)15-8-6-14(7-9-15)13-3-1-4-13/h6-9,13,16-17,19H,1-5,10-12,18H2. The Kier molecular flexibility index (Phi) is 4.71. The summed E-state index contributed by atoms with van der Waals surface area (Å²) in [7, 11) is 0. The molecule has 1 saturated heterocycles. The monoisotopic (exact) mass is 274 g/mol. The number of nitrogens with two attached hydrogens (primary N) is 1. The van der Waals surface area contributed by atoms with Gasteiger partial charge in [-0.2, -0.15) is 0 Å². The maximum Gasteiger partial charge on any atom is 0.0576 e. The molecule has 0 amide bonds. The van der Waals surface area contributed by atoms with Crippen molar-refractivity contribution in [3.05, 3.63) is 35.4 Å². The van der Waals surface area contributed by atoms with Gasteiger partial charge in [0.1, 0.15) is 0 Å². The van der Waals surface area contributed by atoms with Crippen LogP contribution in [0.25, 0.3) is 0 Å². The van der Waals surface area contributed by atoms with E-state index in [1.165, 1.54) is 43.2 Å². The van der Waals surface area contributed by atoms with E-state index >= 15 is 0 Å². The van der Waals surface area contributed by atoms with Crippen molar-refractivity contribution in [1.82, 2.24) is 5.43 Å². The van der Waals surface area contributed by atoms with Gasteiger partial charge in [-0.05, 0) is 55.6 Å². The van der Waals surface area contributed by atoms with Crippen LogP contribution in [0, 0.1) is 0 Å². The van der Waals surface area contributed by atoms with Gasteiger partial charge in [0.05, 0.1) is 6.10 Å². The first kappa shape index (κ1) is 14.1. The van der Waals surface area contributed by atoms with Gasteiger partial charge >= 0.3 is 0 Å². The molecule has 2 fully saturated rings. The molecule has 2 atom stereocenters. The van der Waals surface area contributed by atoms with E-state index < -0.39 is 0 Å². The Balaban J connectivity index is 1.56. The van der Waals surface area contributed by atoms with Gasteiger partial charge in [-0.15, -0.1) is 0 Å². The summed E-state index contributed by atoms with van der Waals surface area (Å²) in [5.74, 6) is 6.54. The fourth-order valence-corrected chi connectivity index (χ4v) is 3.31. The topological polar surface area (TPSA) is 47.3 Å². The molecule has 1 aromatic rings. The van der Waals surface area contributed by atoms with Crippen molar-refractivity contribution in [2.75, 3.05) is 6.61 Å². The second-order valence-electron chi connectivity index (χ2n) is 6.23. The summed E-state index contributed by atoms with van der Waals surface area (Å²) >= 11 is 0. The van der Waals surface area contributed by atoms with Crippen molar-refractivity contribution in [1.29, 1.82) is 0 Å². The molecule has 0 aromatic heterocycles. The molecule has 3 heteroatoms. The van der Waals surface area contributed by atoms with E-state index in [9.17, 15) is 0 Å². The number of ether oxygens (including phenoxy) is 1.